The number of hydrogen-bond acceptors (Lipinski definition) is 4. The Morgan fingerprint density at radius 2 is 2.00 bits per heavy atom. The maximum absolute atomic E-state index is 12.9. The molecule has 0 saturated heterocycles. The summed E-state index contributed by atoms with van der Waals surface area (Å²) < 4.78 is 0. The summed E-state index contributed by atoms with van der Waals surface area (Å²) in [6, 6.07) is 6.91. The molecule has 0 bridgehead atoms. The molecule has 2 N–H and O–H groups in total. The van der Waals surface area contributed by atoms with Crippen LogP contribution < -0.4 is 10.6 Å². The highest BCUT2D eigenvalue weighted by molar-refractivity contribution is 6.19. The number of anilines is 1. The predicted molar refractivity (Wildman–Crippen MR) is 90.6 cm³/mol. The van der Waals surface area contributed by atoms with E-state index in [4.69, 9.17) is 0 Å². The van der Waals surface area contributed by atoms with Crippen molar-refractivity contribution >= 4 is 23.3 Å². The van der Waals surface area contributed by atoms with Crippen LogP contribution in [0.1, 0.15) is 24.2 Å². The second-order valence-corrected chi connectivity index (χ2v) is 7.27. The molecule has 3 rings (SSSR count). The van der Waals surface area contributed by atoms with Gasteiger partial charge in [0.05, 0.1) is 22.9 Å². The molecule has 1 aliphatic heterocycles. The van der Waals surface area contributed by atoms with Crippen LogP contribution in [0.25, 0.3) is 0 Å². The predicted octanol–water partition coefficient (Wildman–Crippen LogP) is 1.14. The lowest BCUT2D eigenvalue weighted by Gasteiger charge is -2.19. The second kappa shape index (κ2) is 5.70. The molecule has 0 unspecified atom stereocenters. The smallest absolute Gasteiger partial charge is 0.229 e. The van der Waals surface area contributed by atoms with Crippen molar-refractivity contribution in [2.24, 2.45) is 17.3 Å². The molecule has 1 fully saturated rings. The van der Waals surface area contributed by atoms with Crippen LogP contribution in [-0.4, -0.2) is 49.2 Å². The number of ketones is 1. The van der Waals surface area contributed by atoms with E-state index in [1.165, 1.54) is 0 Å². The van der Waals surface area contributed by atoms with Gasteiger partial charge in [-0.3, -0.25) is 14.4 Å². The van der Waals surface area contributed by atoms with Gasteiger partial charge >= 0.3 is 0 Å². The number of nitrogens with zero attached hydrogens (tertiary/aromatic N) is 1. The van der Waals surface area contributed by atoms with E-state index in [1.807, 2.05) is 25.9 Å². The second-order valence-electron chi connectivity index (χ2n) is 7.27. The Morgan fingerprint density at radius 3 is 2.67 bits per heavy atom. The summed E-state index contributed by atoms with van der Waals surface area (Å²) in [7, 11) is 3.86. The number of rotatable bonds is 4. The van der Waals surface area contributed by atoms with Crippen molar-refractivity contribution in [1.29, 1.82) is 0 Å². The summed E-state index contributed by atoms with van der Waals surface area (Å²) in [6.07, 6.45) is 0. The van der Waals surface area contributed by atoms with E-state index >= 15 is 0 Å². The summed E-state index contributed by atoms with van der Waals surface area (Å²) in [5, 5.41) is 5.72. The Bertz CT molecular complexity index is 715. The molecule has 0 aromatic heterocycles. The van der Waals surface area contributed by atoms with E-state index in [0.717, 1.165) is 0 Å². The fourth-order valence-corrected chi connectivity index (χ4v) is 3.86. The third kappa shape index (κ3) is 2.51. The molecule has 1 heterocycles. The summed E-state index contributed by atoms with van der Waals surface area (Å²) >= 11 is 0. The first kappa shape index (κ1) is 16.6. The highest BCUT2D eigenvalue weighted by Crippen LogP contribution is 2.62. The van der Waals surface area contributed by atoms with Crippen LogP contribution in [0.3, 0.4) is 0 Å². The fourth-order valence-electron chi connectivity index (χ4n) is 3.86. The number of hydrogen-bond donors (Lipinski definition) is 2. The first-order valence-corrected chi connectivity index (χ1v) is 8.16. The third-order valence-corrected chi connectivity index (χ3v) is 5.03. The third-order valence-electron chi connectivity index (χ3n) is 5.03. The number of benzene rings is 1. The van der Waals surface area contributed by atoms with Crippen LogP contribution in [0.15, 0.2) is 24.3 Å². The largest absolute Gasteiger partial charge is 0.352 e. The van der Waals surface area contributed by atoms with Gasteiger partial charge in [0.2, 0.25) is 11.8 Å². The summed E-state index contributed by atoms with van der Waals surface area (Å²) in [5.41, 5.74) is 0.0482. The van der Waals surface area contributed by atoms with Gasteiger partial charge in [0.1, 0.15) is 0 Å². The minimum absolute atomic E-state index is 0.0496. The van der Waals surface area contributed by atoms with Crippen LogP contribution in [0.2, 0.25) is 0 Å². The van der Waals surface area contributed by atoms with Gasteiger partial charge in [-0.15, -0.1) is 0 Å². The molecule has 0 spiro atoms. The van der Waals surface area contributed by atoms with Gasteiger partial charge in [-0.05, 0) is 33.2 Å². The van der Waals surface area contributed by atoms with E-state index in [9.17, 15) is 14.4 Å². The molecule has 4 atom stereocenters. The van der Waals surface area contributed by atoms with E-state index in [0.29, 0.717) is 17.8 Å². The molecular formula is C18H23N3O3. The van der Waals surface area contributed by atoms with Gasteiger partial charge in [-0.25, -0.2) is 0 Å². The SMILES string of the molecule is C[C@@H](CN(C)C)NC(=O)[C@@H]1[C@@H]2C(=O)Nc3ccccc3C(=O)[C@]12C. The zero-order valence-corrected chi connectivity index (χ0v) is 14.4. The van der Waals surface area contributed by atoms with Crippen molar-refractivity contribution in [3.8, 4) is 0 Å². The molecular weight excluding hydrogens is 306 g/mol. The van der Waals surface area contributed by atoms with E-state index in [-0.39, 0.29) is 23.6 Å². The lowest BCUT2D eigenvalue weighted by molar-refractivity contribution is -0.125. The van der Waals surface area contributed by atoms with Gasteiger partial charge in [0.25, 0.3) is 0 Å². The van der Waals surface area contributed by atoms with Crippen molar-refractivity contribution in [3.05, 3.63) is 29.8 Å². The van der Waals surface area contributed by atoms with Crippen LogP contribution >= 0.6 is 0 Å². The number of nitrogens with one attached hydrogen (secondary N) is 2. The zero-order chi connectivity index (χ0) is 17.6. The van der Waals surface area contributed by atoms with Crippen molar-refractivity contribution in [2.45, 2.75) is 19.9 Å². The number of amides is 2. The molecule has 2 amide bonds. The van der Waals surface area contributed by atoms with Gasteiger partial charge in [-0.1, -0.05) is 19.1 Å². The lowest BCUT2D eigenvalue weighted by atomic mass is 9.92. The molecule has 1 aromatic carbocycles. The Hall–Kier alpha value is -2.21. The van der Waals surface area contributed by atoms with E-state index < -0.39 is 17.3 Å². The van der Waals surface area contributed by atoms with Crippen LogP contribution in [0.5, 0.6) is 0 Å². The molecule has 6 nitrogen and oxygen atoms in total. The lowest BCUT2D eigenvalue weighted by Crippen LogP contribution is -2.41. The van der Waals surface area contributed by atoms with Gasteiger partial charge in [0, 0.05) is 18.2 Å². The van der Waals surface area contributed by atoms with Crippen molar-refractivity contribution in [3.63, 3.8) is 0 Å². The Balaban J connectivity index is 1.84. The average Bonchev–Trinajstić information content (AvgIpc) is 3.14. The molecule has 0 radical (unpaired) electrons. The quantitative estimate of drug-likeness (QED) is 0.868. The minimum Gasteiger partial charge on any atom is -0.352 e. The molecule has 2 aliphatic rings. The van der Waals surface area contributed by atoms with Crippen molar-refractivity contribution in [2.75, 3.05) is 26.0 Å². The topological polar surface area (TPSA) is 78.5 Å². The number of carbonyl (C=O) groups excluding carboxylic acids is 3. The number of likely N-dealkylation sites (N-methyl/N-ethyl adjacent to an activating group) is 1. The van der Waals surface area contributed by atoms with E-state index in [1.54, 1.807) is 31.2 Å². The fraction of sp³-hybridized carbons (Fsp3) is 0.500. The van der Waals surface area contributed by atoms with Crippen LogP contribution in [-0.2, 0) is 9.59 Å². The Morgan fingerprint density at radius 1 is 1.33 bits per heavy atom. The van der Waals surface area contributed by atoms with Gasteiger partial charge in [-0.2, -0.15) is 0 Å². The monoisotopic (exact) mass is 329 g/mol. The number of Topliss-reactive ketones (excluding diaryl/α,β-unsaturated/α-hetero) is 1. The maximum atomic E-state index is 12.9. The van der Waals surface area contributed by atoms with Gasteiger partial charge in [0.15, 0.2) is 5.78 Å². The molecule has 1 aromatic rings. The normalized spacial score (nSPS) is 29.2. The van der Waals surface area contributed by atoms with Crippen LogP contribution in [0, 0.1) is 17.3 Å². The standard InChI is InChI=1S/C18H23N3O3/c1-10(9-21(3)4)19-16(23)13-14-17(24)20-12-8-6-5-7-11(12)15(22)18(13,14)2/h5-8,10,13-14H,9H2,1-4H3,(H,19,23)(H,20,24)/t10-,13-,14+,18+/m0/s1. The first-order chi connectivity index (χ1) is 11.3. The van der Waals surface area contributed by atoms with Gasteiger partial charge < -0.3 is 15.5 Å². The minimum atomic E-state index is -0.960. The molecule has 1 saturated carbocycles. The average molecular weight is 329 g/mol. The Labute approximate surface area is 141 Å². The number of carbonyl (C=O) groups is 3. The van der Waals surface area contributed by atoms with E-state index in [2.05, 4.69) is 10.6 Å². The summed E-state index contributed by atoms with van der Waals surface area (Å²) in [6.45, 7) is 4.33. The molecule has 128 valence electrons. The number of fused-ring (bicyclic) bond motifs is 2. The molecule has 6 heteroatoms. The number of para-hydroxylation sites is 1. The summed E-state index contributed by atoms with van der Waals surface area (Å²) in [5.74, 6) is -1.83. The highest BCUT2D eigenvalue weighted by atomic mass is 16.2. The first-order valence-electron chi connectivity index (χ1n) is 8.16. The maximum Gasteiger partial charge on any atom is 0.229 e. The Kier molecular flexibility index (Phi) is 3.95. The zero-order valence-electron chi connectivity index (χ0n) is 14.4. The molecule has 24 heavy (non-hydrogen) atoms. The highest BCUT2D eigenvalue weighted by Gasteiger charge is 2.73. The molecule has 1 aliphatic carbocycles. The van der Waals surface area contributed by atoms with Crippen molar-refractivity contribution < 1.29 is 14.4 Å². The van der Waals surface area contributed by atoms with Crippen molar-refractivity contribution in [1.82, 2.24) is 10.2 Å². The van der Waals surface area contributed by atoms with Crippen LogP contribution in [0.4, 0.5) is 5.69 Å². The summed E-state index contributed by atoms with van der Waals surface area (Å²) in [4.78, 5) is 40.0.